The van der Waals surface area contributed by atoms with Crippen LogP contribution in [0.15, 0.2) is 18.2 Å². The van der Waals surface area contributed by atoms with Crippen LogP contribution in [0.5, 0.6) is 5.75 Å². The van der Waals surface area contributed by atoms with E-state index in [1.807, 2.05) is 6.92 Å². The third kappa shape index (κ3) is 2.92. The molecule has 14 heavy (non-hydrogen) atoms. The molecule has 0 aliphatic heterocycles. The molecule has 0 fully saturated rings. The third-order valence-electron chi connectivity index (χ3n) is 1.70. The zero-order chi connectivity index (χ0) is 10.6. The second-order valence-electron chi connectivity index (χ2n) is 2.96. The van der Waals surface area contributed by atoms with E-state index in [0.29, 0.717) is 17.1 Å². The minimum absolute atomic E-state index is 0.0694. The third-order valence-corrected chi connectivity index (χ3v) is 2.02. The number of carbonyl (C=O) groups excluding carboxylic acids is 1. The molecule has 0 saturated heterocycles. The fraction of sp³-hybridized carbons (Fsp3) is 0.300. The number of anilines is 1. The number of rotatable bonds is 3. The van der Waals surface area contributed by atoms with Gasteiger partial charge in [-0.25, -0.2) is 0 Å². The molecule has 76 valence electrons. The van der Waals surface area contributed by atoms with Crippen molar-refractivity contribution in [1.82, 2.24) is 0 Å². The number of hydrogen-bond donors (Lipinski definition) is 2. The van der Waals surface area contributed by atoms with Crippen molar-refractivity contribution in [3.63, 3.8) is 0 Å². The van der Waals surface area contributed by atoms with Gasteiger partial charge < -0.3 is 10.4 Å². The standard InChI is InChI=1S/C10H12ClNO2/c1-2-3-10(14)12-9-5-4-7(13)6-8(9)11/h4-6,13H,2-3H2,1H3,(H,12,14). The van der Waals surface area contributed by atoms with E-state index in [-0.39, 0.29) is 11.7 Å². The quantitative estimate of drug-likeness (QED) is 0.759. The molecular formula is C10H12ClNO2. The molecule has 2 N–H and O–H groups in total. The molecular weight excluding hydrogens is 202 g/mol. The molecule has 0 bridgehead atoms. The normalized spacial score (nSPS) is 9.86. The average molecular weight is 214 g/mol. The molecule has 0 aliphatic rings. The molecule has 0 unspecified atom stereocenters. The van der Waals surface area contributed by atoms with Gasteiger partial charge in [0.15, 0.2) is 0 Å². The molecule has 0 radical (unpaired) electrons. The number of phenols is 1. The lowest BCUT2D eigenvalue weighted by Gasteiger charge is -2.06. The van der Waals surface area contributed by atoms with Crippen molar-refractivity contribution in [2.45, 2.75) is 19.8 Å². The van der Waals surface area contributed by atoms with Crippen molar-refractivity contribution in [1.29, 1.82) is 0 Å². The molecule has 1 aromatic carbocycles. The maximum absolute atomic E-state index is 11.2. The van der Waals surface area contributed by atoms with Gasteiger partial charge in [-0.3, -0.25) is 4.79 Å². The fourth-order valence-electron chi connectivity index (χ4n) is 1.05. The van der Waals surface area contributed by atoms with E-state index >= 15 is 0 Å². The monoisotopic (exact) mass is 213 g/mol. The Labute approximate surface area is 87.7 Å². The molecule has 1 rings (SSSR count). The van der Waals surface area contributed by atoms with E-state index in [0.717, 1.165) is 6.42 Å². The summed E-state index contributed by atoms with van der Waals surface area (Å²) in [5.74, 6) is 0.0172. The molecule has 0 aromatic heterocycles. The summed E-state index contributed by atoms with van der Waals surface area (Å²) in [5, 5.41) is 12.1. The first-order chi connectivity index (χ1) is 6.63. The molecule has 0 heterocycles. The maximum atomic E-state index is 11.2. The number of benzene rings is 1. The smallest absolute Gasteiger partial charge is 0.224 e. The first-order valence-corrected chi connectivity index (χ1v) is 4.79. The van der Waals surface area contributed by atoms with Gasteiger partial charge in [-0.05, 0) is 18.6 Å². The molecule has 0 saturated carbocycles. The van der Waals surface area contributed by atoms with Gasteiger partial charge in [0.1, 0.15) is 5.75 Å². The minimum atomic E-state index is -0.0694. The van der Waals surface area contributed by atoms with Crippen LogP contribution in [-0.2, 0) is 4.79 Å². The molecule has 4 heteroatoms. The summed E-state index contributed by atoms with van der Waals surface area (Å²) in [7, 11) is 0. The van der Waals surface area contributed by atoms with E-state index < -0.39 is 0 Å². The van der Waals surface area contributed by atoms with Crippen molar-refractivity contribution in [2.24, 2.45) is 0 Å². The number of aromatic hydroxyl groups is 1. The fourth-order valence-corrected chi connectivity index (χ4v) is 1.27. The summed E-state index contributed by atoms with van der Waals surface area (Å²) in [6.45, 7) is 1.93. The number of nitrogens with one attached hydrogen (secondary N) is 1. The van der Waals surface area contributed by atoms with Crippen molar-refractivity contribution in [2.75, 3.05) is 5.32 Å². The second kappa shape index (κ2) is 4.86. The highest BCUT2D eigenvalue weighted by molar-refractivity contribution is 6.33. The van der Waals surface area contributed by atoms with E-state index in [2.05, 4.69) is 5.32 Å². The Hall–Kier alpha value is -1.22. The molecule has 1 amide bonds. The van der Waals surface area contributed by atoms with E-state index in [4.69, 9.17) is 16.7 Å². The lowest BCUT2D eigenvalue weighted by molar-refractivity contribution is -0.116. The van der Waals surface area contributed by atoms with Crippen molar-refractivity contribution >= 4 is 23.2 Å². The highest BCUT2D eigenvalue weighted by Crippen LogP contribution is 2.25. The Morgan fingerprint density at radius 2 is 2.29 bits per heavy atom. The van der Waals surface area contributed by atoms with Crippen LogP contribution in [0.2, 0.25) is 5.02 Å². The van der Waals surface area contributed by atoms with Crippen molar-refractivity contribution < 1.29 is 9.90 Å². The summed E-state index contributed by atoms with van der Waals surface area (Å²) in [6, 6.07) is 4.45. The van der Waals surface area contributed by atoms with Crippen LogP contribution in [0.4, 0.5) is 5.69 Å². The average Bonchev–Trinajstić information content (AvgIpc) is 2.10. The Morgan fingerprint density at radius 1 is 1.57 bits per heavy atom. The van der Waals surface area contributed by atoms with Gasteiger partial charge >= 0.3 is 0 Å². The Kier molecular flexibility index (Phi) is 3.77. The number of amides is 1. The maximum Gasteiger partial charge on any atom is 0.224 e. The number of halogens is 1. The van der Waals surface area contributed by atoms with Gasteiger partial charge in [0, 0.05) is 12.5 Å². The summed E-state index contributed by atoms with van der Waals surface area (Å²) < 4.78 is 0. The lowest BCUT2D eigenvalue weighted by Crippen LogP contribution is -2.10. The van der Waals surface area contributed by atoms with Crippen LogP contribution in [-0.4, -0.2) is 11.0 Å². The van der Waals surface area contributed by atoms with E-state index in [9.17, 15) is 4.79 Å². The minimum Gasteiger partial charge on any atom is -0.508 e. The SMILES string of the molecule is CCCC(=O)Nc1ccc(O)cc1Cl. The lowest BCUT2D eigenvalue weighted by atomic mass is 10.2. The first-order valence-electron chi connectivity index (χ1n) is 4.42. The first kappa shape index (κ1) is 10.9. The van der Waals surface area contributed by atoms with Gasteiger partial charge in [0.05, 0.1) is 10.7 Å². The van der Waals surface area contributed by atoms with Crippen LogP contribution in [0, 0.1) is 0 Å². The number of hydrogen-bond acceptors (Lipinski definition) is 2. The van der Waals surface area contributed by atoms with Gasteiger partial charge in [-0.2, -0.15) is 0 Å². The predicted octanol–water partition coefficient (Wildman–Crippen LogP) is 2.78. The van der Waals surface area contributed by atoms with Crippen LogP contribution < -0.4 is 5.32 Å². The van der Waals surface area contributed by atoms with Gasteiger partial charge in [0.2, 0.25) is 5.91 Å². The molecule has 3 nitrogen and oxygen atoms in total. The number of phenolic OH excluding ortho intramolecular Hbond substituents is 1. The zero-order valence-corrected chi connectivity index (χ0v) is 8.64. The van der Waals surface area contributed by atoms with E-state index in [1.165, 1.54) is 12.1 Å². The molecule has 0 aliphatic carbocycles. The van der Waals surface area contributed by atoms with Crippen molar-refractivity contribution in [3.8, 4) is 5.75 Å². The van der Waals surface area contributed by atoms with Gasteiger partial charge in [-0.1, -0.05) is 18.5 Å². The molecule has 1 aromatic rings. The Balaban J connectivity index is 2.72. The second-order valence-corrected chi connectivity index (χ2v) is 3.37. The Morgan fingerprint density at radius 3 is 2.86 bits per heavy atom. The van der Waals surface area contributed by atoms with Crippen LogP contribution in [0.25, 0.3) is 0 Å². The summed E-state index contributed by atoms with van der Waals surface area (Å²) >= 11 is 5.80. The summed E-state index contributed by atoms with van der Waals surface area (Å²) in [5.41, 5.74) is 0.530. The Bertz CT molecular complexity index is 339. The topological polar surface area (TPSA) is 49.3 Å². The zero-order valence-electron chi connectivity index (χ0n) is 7.88. The molecule has 0 atom stereocenters. The van der Waals surface area contributed by atoms with Gasteiger partial charge in [0.25, 0.3) is 0 Å². The summed E-state index contributed by atoms with van der Waals surface area (Å²) in [4.78, 5) is 11.2. The van der Waals surface area contributed by atoms with Gasteiger partial charge in [-0.15, -0.1) is 0 Å². The number of carbonyl (C=O) groups is 1. The van der Waals surface area contributed by atoms with E-state index in [1.54, 1.807) is 6.07 Å². The predicted molar refractivity (Wildman–Crippen MR) is 56.7 cm³/mol. The van der Waals surface area contributed by atoms with Crippen molar-refractivity contribution in [3.05, 3.63) is 23.2 Å². The van der Waals surface area contributed by atoms with Crippen LogP contribution in [0.3, 0.4) is 0 Å². The summed E-state index contributed by atoms with van der Waals surface area (Å²) in [6.07, 6.45) is 1.26. The highest BCUT2D eigenvalue weighted by Gasteiger charge is 2.04. The van der Waals surface area contributed by atoms with Crippen LogP contribution >= 0.6 is 11.6 Å². The highest BCUT2D eigenvalue weighted by atomic mass is 35.5. The van der Waals surface area contributed by atoms with Crippen LogP contribution in [0.1, 0.15) is 19.8 Å². The largest absolute Gasteiger partial charge is 0.508 e. The molecule has 0 spiro atoms.